The zero-order valence-corrected chi connectivity index (χ0v) is 22.5. The third-order valence-electron chi connectivity index (χ3n) is 7.58. The van der Waals surface area contributed by atoms with Gasteiger partial charge in [-0.25, -0.2) is 0 Å². The highest BCUT2D eigenvalue weighted by Gasteiger charge is 2.23. The number of unbranched alkanes of at least 4 members (excludes halogenated alkanes) is 10. The molecule has 2 N–H and O–H groups in total. The Balaban J connectivity index is 1.78. The summed E-state index contributed by atoms with van der Waals surface area (Å²) in [7, 11) is 1.50. The number of nitrogens with zero attached hydrogens (tertiary/aromatic N) is 1. The van der Waals surface area contributed by atoms with Crippen molar-refractivity contribution in [3.63, 3.8) is 0 Å². The summed E-state index contributed by atoms with van der Waals surface area (Å²) in [6.45, 7) is 5.72. The molecule has 1 aliphatic rings. The number of rotatable bonds is 20. The molecule has 1 atom stereocenters. The smallest absolute Gasteiger partial charge is 0.140 e. The van der Waals surface area contributed by atoms with Crippen LogP contribution in [0.3, 0.4) is 0 Å². The standard InChI is InChI=1S/C30H51NO4/c1-3-4-5-6-7-8-9-10-11-12-13-17-25(18-16-21-31-19-14-15-20-31)28(33)24-27-29(34)22-26(32)23-30(27)35-2/h22-23,25,32,34H,3-21,24H2,1-2H3. The fourth-order valence-electron chi connectivity index (χ4n) is 5.38. The van der Waals surface area contributed by atoms with Crippen LogP contribution in [0.2, 0.25) is 0 Å². The van der Waals surface area contributed by atoms with E-state index in [1.165, 1.54) is 109 Å². The molecule has 1 aliphatic heterocycles. The molecule has 0 saturated carbocycles. The molecule has 1 heterocycles. The number of phenolic OH excluding ortho intramolecular Hbond substituents is 2. The third-order valence-corrected chi connectivity index (χ3v) is 7.58. The van der Waals surface area contributed by atoms with E-state index < -0.39 is 0 Å². The predicted molar refractivity (Wildman–Crippen MR) is 145 cm³/mol. The molecule has 1 fully saturated rings. The molecule has 0 aliphatic carbocycles. The molecule has 5 nitrogen and oxygen atoms in total. The van der Waals surface area contributed by atoms with Crippen molar-refractivity contribution in [2.45, 2.75) is 116 Å². The lowest BCUT2D eigenvalue weighted by atomic mass is 9.88. The summed E-state index contributed by atoms with van der Waals surface area (Å²) in [6.07, 6.45) is 20.0. The van der Waals surface area contributed by atoms with Gasteiger partial charge in [0.25, 0.3) is 0 Å². The number of benzene rings is 1. The number of phenols is 2. The normalized spacial score (nSPS) is 14.9. The van der Waals surface area contributed by atoms with E-state index in [0.717, 1.165) is 32.2 Å². The first kappa shape index (κ1) is 29.5. The van der Waals surface area contributed by atoms with Gasteiger partial charge in [0, 0.05) is 30.0 Å². The van der Waals surface area contributed by atoms with Crippen molar-refractivity contribution < 1.29 is 19.7 Å². The first-order valence-corrected chi connectivity index (χ1v) is 14.4. The van der Waals surface area contributed by atoms with Gasteiger partial charge in [-0.1, -0.05) is 77.6 Å². The number of methoxy groups -OCH3 is 1. The van der Waals surface area contributed by atoms with Gasteiger partial charge in [-0.15, -0.1) is 0 Å². The number of aromatic hydroxyl groups is 2. The lowest BCUT2D eigenvalue weighted by Crippen LogP contribution is -2.23. The van der Waals surface area contributed by atoms with Crippen LogP contribution < -0.4 is 4.74 Å². The van der Waals surface area contributed by atoms with Crippen LogP contribution in [0.4, 0.5) is 0 Å². The van der Waals surface area contributed by atoms with Gasteiger partial charge in [0.15, 0.2) is 0 Å². The van der Waals surface area contributed by atoms with Gasteiger partial charge in [-0.2, -0.15) is 0 Å². The monoisotopic (exact) mass is 489 g/mol. The SMILES string of the molecule is CCCCCCCCCCCCCC(CCCN1CCCC1)C(=O)Cc1c(O)cc(O)cc1OC. The number of ketones is 1. The van der Waals surface area contributed by atoms with Crippen molar-refractivity contribution in [2.24, 2.45) is 5.92 Å². The Labute approximate surface area is 214 Å². The summed E-state index contributed by atoms with van der Waals surface area (Å²) in [6, 6.07) is 2.76. The molecule has 1 aromatic rings. The van der Waals surface area contributed by atoms with E-state index in [2.05, 4.69) is 11.8 Å². The first-order valence-electron chi connectivity index (χ1n) is 14.4. The maximum atomic E-state index is 13.3. The molecular weight excluding hydrogens is 438 g/mol. The lowest BCUT2D eigenvalue weighted by molar-refractivity contribution is -0.122. The third kappa shape index (κ3) is 11.7. The lowest BCUT2D eigenvalue weighted by Gasteiger charge is -2.20. The van der Waals surface area contributed by atoms with Gasteiger partial charge < -0.3 is 19.8 Å². The van der Waals surface area contributed by atoms with Gasteiger partial charge in [-0.05, 0) is 51.7 Å². The molecule has 200 valence electrons. The number of hydrogen-bond acceptors (Lipinski definition) is 5. The molecule has 1 saturated heterocycles. The Hall–Kier alpha value is -1.75. The van der Waals surface area contributed by atoms with Gasteiger partial charge in [-0.3, -0.25) is 4.79 Å². The van der Waals surface area contributed by atoms with Gasteiger partial charge >= 0.3 is 0 Å². The molecule has 0 radical (unpaired) electrons. The highest BCUT2D eigenvalue weighted by Crippen LogP contribution is 2.34. The van der Waals surface area contributed by atoms with Gasteiger partial charge in [0.05, 0.1) is 7.11 Å². The Bertz CT molecular complexity index is 715. The van der Waals surface area contributed by atoms with E-state index in [1.54, 1.807) is 0 Å². The van der Waals surface area contributed by atoms with E-state index in [0.29, 0.717) is 11.3 Å². The molecular formula is C30H51NO4. The average molecular weight is 490 g/mol. The molecule has 35 heavy (non-hydrogen) atoms. The maximum Gasteiger partial charge on any atom is 0.140 e. The summed E-state index contributed by atoms with van der Waals surface area (Å²) in [4.78, 5) is 15.8. The highest BCUT2D eigenvalue weighted by molar-refractivity contribution is 5.84. The van der Waals surface area contributed by atoms with Crippen LogP contribution in [0.1, 0.15) is 115 Å². The molecule has 5 heteroatoms. The van der Waals surface area contributed by atoms with Crippen molar-refractivity contribution in [3.05, 3.63) is 17.7 Å². The summed E-state index contributed by atoms with van der Waals surface area (Å²) in [5.41, 5.74) is 0.485. The predicted octanol–water partition coefficient (Wildman–Crippen LogP) is 7.41. The summed E-state index contributed by atoms with van der Waals surface area (Å²) >= 11 is 0. The summed E-state index contributed by atoms with van der Waals surface area (Å²) in [5, 5.41) is 20.1. The first-order chi connectivity index (χ1) is 17.0. The van der Waals surface area contributed by atoms with Crippen molar-refractivity contribution >= 4 is 5.78 Å². The quantitative estimate of drug-likeness (QED) is 0.187. The summed E-state index contributed by atoms with van der Waals surface area (Å²) in [5.74, 6) is 0.451. The maximum absolute atomic E-state index is 13.3. The fraction of sp³-hybridized carbons (Fsp3) is 0.767. The van der Waals surface area contributed by atoms with Crippen molar-refractivity contribution in [2.75, 3.05) is 26.7 Å². The molecule has 1 aromatic carbocycles. The number of carbonyl (C=O) groups is 1. The second-order valence-corrected chi connectivity index (χ2v) is 10.5. The minimum atomic E-state index is -0.0688. The fourth-order valence-corrected chi connectivity index (χ4v) is 5.38. The van der Waals surface area contributed by atoms with Crippen LogP contribution in [0.5, 0.6) is 17.2 Å². The zero-order chi connectivity index (χ0) is 25.3. The van der Waals surface area contributed by atoms with Crippen LogP contribution in [0.15, 0.2) is 12.1 Å². The van der Waals surface area contributed by atoms with Gasteiger partial charge in [0.1, 0.15) is 23.0 Å². The Morgan fingerprint density at radius 1 is 0.886 bits per heavy atom. The zero-order valence-electron chi connectivity index (χ0n) is 22.5. The average Bonchev–Trinajstić information content (AvgIpc) is 3.36. The molecule has 0 aromatic heterocycles. The Morgan fingerprint density at radius 3 is 2.06 bits per heavy atom. The van der Waals surface area contributed by atoms with E-state index in [-0.39, 0.29) is 29.6 Å². The highest BCUT2D eigenvalue weighted by atomic mass is 16.5. The minimum absolute atomic E-state index is 0.0223. The molecule has 0 bridgehead atoms. The van der Waals surface area contributed by atoms with Crippen LogP contribution >= 0.6 is 0 Å². The number of likely N-dealkylation sites (tertiary alicyclic amines) is 1. The molecule has 0 amide bonds. The number of Topliss-reactive ketones (excluding diaryl/α,β-unsaturated/α-hetero) is 1. The van der Waals surface area contributed by atoms with Crippen molar-refractivity contribution in [1.29, 1.82) is 0 Å². The van der Waals surface area contributed by atoms with Crippen LogP contribution in [0, 0.1) is 5.92 Å². The van der Waals surface area contributed by atoms with Crippen molar-refractivity contribution in [3.8, 4) is 17.2 Å². The minimum Gasteiger partial charge on any atom is -0.508 e. The molecule has 2 rings (SSSR count). The van der Waals surface area contributed by atoms with Gasteiger partial charge in [0.2, 0.25) is 0 Å². The summed E-state index contributed by atoms with van der Waals surface area (Å²) < 4.78 is 5.33. The second-order valence-electron chi connectivity index (χ2n) is 10.5. The van der Waals surface area contributed by atoms with Crippen LogP contribution in [-0.2, 0) is 11.2 Å². The second kappa shape index (κ2) is 17.6. The number of ether oxygens (including phenoxy) is 1. The molecule has 0 spiro atoms. The Morgan fingerprint density at radius 2 is 1.46 bits per heavy atom. The molecule has 1 unspecified atom stereocenters. The topological polar surface area (TPSA) is 70.0 Å². The number of hydrogen-bond donors (Lipinski definition) is 2. The van der Waals surface area contributed by atoms with E-state index >= 15 is 0 Å². The van der Waals surface area contributed by atoms with Crippen molar-refractivity contribution in [1.82, 2.24) is 4.90 Å². The van der Waals surface area contributed by atoms with E-state index in [4.69, 9.17) is 4.74 Å². The largest absolute Gasteiger partial charge is 0.508 e. The van der Waals surface area contributed by atoms with Crippen LogP contribution in [-0.4, -0.2) is 47.6 Å². The number of carbonyl (C=O) groups excluding carboxylic acids is 1. The van der Waals surface area contributed by atoms with Crippen LogP contribution in [0.25, 0.3) is 0 Å². The Kier molecular flexibility index (Phi) is 14.9. The van der Waals surface area contributed by atoms with E-state index in [1.807, 2.05) is 0 Å². The van der Waals surface area contributed by atoms with E-state index in [9.17, 15) is 15.0 Å².